The SMILES string of the molecule is COC(=O)c1ccc(C2=NOC(c3cc(Cl)cc(Cl)c3)(C(F)(F)F)C2)cc1[N+](=O)[O-]. The highest BCUT2D eigenvalue weighted by molar-refractivity contribution is 6.34. The van der Waals surface area contributed by atoms with Crippen LogP contribution < -0.4 is 0 Å². The first kappa shape index (κ1) is 21.8. The molecule has 0 aliphatic carbocycles. The van der Waals surface area contributed by atoms with Crippen molar-refractivity contribution in [3.05, 3.63) is 73.2 Å². The van der Waals surface area contributed by atoms with Gasteiger partial charge in [-0.25, -0.2) is 4.79 Å². The average Bonchev–Trinajstić information content (AvgIpc) is 3.13. The third kappa shape index (κ3) is 3.80. The van der Waals surface area contributed by atoms with Gasteiger partial charge in [-0.1, -0.05) is 34.4 Å². The molecule has 1 unspecified atom stereocenters. The molecule has 0 spiro atoms. The summed E-state index contributed by atoms with van der Waals surface area (Å²) in [6, 6.07) is 6.61. The van der Waals surface area contributed by atoms with E-state index in [1.54, 1.807) is 0 Å². The molecule has 158 valence electrons. The van der Waals surface area contributed by atoms with Crippen molar-refractivity contribution in [2.75, 3.05) is 7.11 Å². The Bertz CT molecular complexity index is 1050. The third-order valence-electron chi connectivity index (χ3n) is 4.45. The minimum absolute atomic E-state index is 0.0198. The molecule has 2 aromatic carbocycles. The van der Waals surface area contributed by atoms with Crippen molar-refractivity contribution in [2.45, 2.75) is 18.2 Å². The van der Waals surface area contributed by atoms with Crippen LogP contribution in [-0.2, 0) is 15.2 Å². The second-order valence-electron chi connectivity index (χ2n) is 6.27. The van der Waals surface area contributed by atoms with E-state index in [2.05, 4.69) is 9.89 Å². The fraction of sp³-hybridized carbons (Fsp3) is 0.222. The van der Waals surface area contributed by atoms with Gasteiger partial charge in [-0.3, -0.25) is 10.1 Å². The van der Waals surface area contributed by atoms with E-state index in [1.807, 2.05) is 0 Å². The van der Waals surface area contributed by atoms with Crippen LogP contribution in [0.25, 0.3) is 0 Å². The van der Waals surface area contributed by atoms with Crippen molar-refractivity contribution in [3.63, 3.8) is 0 Å². The third-order valence-corrected chi connectivity index (χ3v) is 4.88. The van der Waals surface area contributed by atoms with Crippen molar-refractivity contribution in [1.29, 1.82) is 0 Å². The van der Waals surface area contributed by atoms with E-state index in [-0.39, 0.29) is 32.4 Å². The summed E-state index contributed by atoms with van der Waals surface area (Å²) < 4.78 is 46.5. The smallest absolute Gasteiger partial charge is 0.435 e. The second-order valence-corrected chi connectivity index (χ2v) is 7.14. The molecular weight excluding hydrogens is 452 g/mol. The van der Waals surface area contributed by atoms with Crippen LogP contribution in [0.5, 0.6) is 0 Å². The first-order valence-electron chi connectivity index (χ1n) is 8.14. The topological polar surface area (TPSA) is 91.0 Å². The van der Waals surface area contributed by atoms with E-state index in [0.29, 0.717) is 0 Å². The highest BCUT2D eigenvalue weighted by Gasteiger charge is 2.62. The van der Waals surface area contributed by atoms with Crippen molar-refractivity contribution in [1.82, 2.24) is 0 Å². The molecule has 0 radical (unpaired) electrons. The maximum atomic E-state index is 14.0. The zero-order valence-corrected chi connectivity index (χ0v) is 16.5. The molecule has 1 aliphatic rings. The summed E-state index contributed by atoms with van der Waals surface area (Å²) in [7, 11) is 1.04. The molecule has 3 rings (SSSR count). The largest absolute Gasteiger partial charge is 0.465 e. The molecule has 30 heavy (non-hydrogen) atoms. The molecule has 2 aromatic rings. The number of oxime groups is 1. The Labute approximate surface area is 177 Å². The summed E-state index contributed by atoms with van der Waals surface area (Å²) in [4.78, 5) is 27.0. The van der Waals surface area contributed by atoms with Gasteiger partial charge in [0.25, 0.3) is 11.3 Å². The Morgan fingerprint density at radius 3 is 2.40 bits per heavy atom. The van der Waals surface area contributed by atoms with Crippen molar-refractivity contribution >= 4 is 40.6 Å². The van der Waals surface area contributed by atoms with Gasteiger partial charge in [0.05, 0.1) is 17.7 Å². The number of nitro benzene ring substituents is 1. The van der Waals surface area contributed by atoms with E-state index < -0.39 is 34.8 Å². The summed E-state index contributed by atoms with van der Waals surface area (Å²) in [5, 5.41) is 14.8. The molecule has 12 heteroatoms. The van der Waals surface area contributed by atoms with Crippen LogP contribution in [0.15, 0.2) is 41.6 Å². The lowest BCUT2D eigenvalue weighted by atomic mass is 9.86. The van der Waals surface area contributed by atoms with E-state index >= 15 is 0 Å². The number of hydrogen-bond acceptors (Lipinski definition) is 6. The standard InChI is InChI=1S/C18H11Cl2F3N2O5/c1-29-16(26)13-3-2-9(4-15(13)25(27)28)14-8-17(30-24-14,18(21,22)23)10-5-11(19)7-12(20)6-10/h2-7H,8H2,1H3. The van der Waals surface area contributed by atoms with E-state index in [9.17, 15) is 28.1 Å². The number of nitrogens with zero attached hydrogens (tertiary/aromatic N) is 2. The molecule has 1 atom stereocenters. The number of esters is 1. The number of rotatable bonds is 4. The highest BCUT2D eigenvalue weighted by atomic mass is 35.5. The Morgan fingerprint density at radius 2 is 1.87 bits per heavy atom. The molecular formula is C18H11Cl2F3N2O5. The molecule has 0 saturated carbocycles. The van der Waals surface area contributed by atoms with Crippen LogP contribution in [0.3, 0.4) is 0 Å². The van der Waals surface area contributed by atoms with Gasteiger partial charge in [-0.15, -0.1) is 0 Å². The minimum Gasteiger partial charge on any atom is -0.465 e. The van der Waals surface area contributed by atoms with Crippen LogP contribution in [0.1, 0.15) is 27.9 Å². The maximum Gasteiger partial charge on any atom is 0.435 e. The first-order chi connectivity index (χ1) is 14.0. The Balaban J connectivity index is 2.05. The average molecular weight is 463 g/mol. The fourth-order valence-electron chi connectivity index (χ4n) is 2.99. The maximum absolute atomic E-state index is 14.0. The van der Waals surface area contributed by atoms with Crippen LogP contribution in [0.4, 0.5) is 18.9 Å². The van der Waals surface area contributed by atoms with E-state index in [0.717, 1.165) is 31.4 Å². The van der Waals surface area contributed by atoms with Gasteiger partial charge >= 0.3 is 12.1 Å². The molecule has 0 saturated heterocycles. The van der Waals surface area contributed by atoms with Crippen LogP contribution >= 0.6 is 23.2 Å². The number of carbonyl (C=O) groups excluding carboxylic acids is 1. The van der Waals surface area contributed by atoms with Crippen molar-refractivity contribution in [3.8, 4) is 0 Å². The number of ether oxygens (including phenoxy) is 1. The number of benzene rings is 2. The van der Waals surface area contributed by atoms with Crippen LogP contribution in [0, 0.1) is 10.1 Å². The van der Waals surface area contributed by atoms with Crippen molar-refractivity contribution < 1.29 is 32.5 Å². The summed E-state index contributed by atoms with van der Waals surface area (Å²) in [5.74, 6) is -0.962. The monoisotopic (exact) mass is 462 g/mol. The lowest BCUT2D eigenvalue weighted by Gasteiger charge is -2.29. The fourth-order valence-corrected chi connectivity index (χ4v) is 3.52. The molecule has 1 aliphatic heterocycles. The summed E-state index contributed by atoms with van der Waals surface area (Å²) >= 11 is 11.7. The number of hydrogen-bond donors (Lipinski definition) is 0. The molecule has 0 fully saturated rings. The van der Waals surface area contributed by atoms with Gasteiger partial charge in [0.1, 0.15) is 5.56 Å². The number of nitro groups is 1. The van der Waals surface area contributed by atoms with Crippen molar-refractivity contribution in [2.24, 2.45) is 5.16 Å². The molecule has 0 bridgehead atoms. The number of methoxy groups -OCH3 is 1. The van der Waals surface area contributed by atoms with Gasteiger partial charge in [-0.05, 0) is 24.3 Å². The van der Waals surface area contributed by atoms with Crippen LogP contribution in [0.2, 0.25) is 10.0 Å². The normalized spacial score (nSPS) is 18.5. The highest BCUT2D eigenvalue weighted by Crippen LogP contribution is 2.49. The lowest BCUT2D eigenvalue weighted by Crippen LogP contribution is -2.42. The molecule has 1 heterocycles. The van der Waals surface area contributed by atoms with E-state index in [1.165, 1.54) is 12.1 Å². The number of halogens is 5. The predicted octanol–water partition coefficient (Wildman–Crippen LogP) is 5.27. The van der Waals surface area contributed by atoms with Gasteiger partial charge < -0.3 is 9.57 Å². The predicted molar refractivity (Wildman–Crippen MR) is 101 cm³/mol. The Kier molecular flexibility index (Phi) is 5.66. The summed E-state index contributed by atoms with van der Waals surface area (Å²) in [6.07, 6.45) is -5.70. The lowest BCUT2D eigenvalue weighted by molar-refractivity contribution is -0.385. The number of carbonyl (C=O) groups is 1. The van der Waals surface area contributed by atoms with Gasteiger partial charge in [0, 0.05) is 33.7 Å². The molecule has 0 N–H and O–H groups in total. The minimum atomic E-state index is -4.91. The zero-order chi connectivity index (χ0) is 22.3. The Hall–Kier alpha value is -2.85. The molecule has 7 nitrogen and oxygen atoms in total. The molecule has 0 aromatic heterocycles. The second kappa shape index (κ2) is 7.77. The summed E-state index contributed by atoms with van der Waals surface area (Å²) in [5.41, 5.74) is -4.47. The zero-order valence-electron chi connectivity index (χ0n) is 15.0. The quantitative estimate of drug-likeness (QED) is 0.350. The Morgan fingerprint density at radius 1 is 1.23 bits per heavy atom. The van der Waals surface area contributed by atoms with Crippen LogP contribution in [-0.4, -0.2) is 29.9 Å². The van der Waals surface area contributed by atoms with Gasteiger partial charge in [0.15, 0.2) is 0 Å². The van der Waals surface area contributed by atoms with Gasteiger partial charge in [0.2, 0.25) is 0 Å². The first-order valence-corrected chi connectivity index (χ1v) is 8.89. The van der Waals surface area contributed by atoms with Gasteiger partial charge in [-0.2, -0.15) is 13.2 Å². The van der Waals surface area contributed by atoms with E-state index in [4.69, 9.17) is 28.0 Å². The molecule has 0 amide bonds. The summed E-state index contributed by atoms with van der Waals surface area (Å²) in [6.45, 7) is 0. The number of alkyl halides is 3.